The van der Waals surface area contributed by atoms with Crippen molar-refractivity contribution in [1.29, 1.82) is 0 Å². The number of aryl methyl sites for hydroxylation is 1. The molecule has 0 amide bonds. The molecule has 0 aliphatic heterocycles. The van der Waals surface area contributed by atoms with Gasteiger partial charge in [-0.25, -0.2) is 0 Å². The minimum atomic E-state index is 0.00403. The van der Waals surface area contributed by atoms with E-state index < -0.39 is 0 Å². The summed E-state index contributed by atoms with van der Waals surface area (Å²) in [4.78, 5) is 0. The smallest absolute Gasteiger partial charge is 0.0562 e. The maximum Gasteiger partial charge on any atom is 0.0562 e. The monoisotopic (exact) mass is 259 g/mol. The van der Waals surface area contributed by atoms with Crippen LogP contribution in [0.5, 0.6) is 0 Å². The first-order valence-corrected chi connectivity index (χ1v) is 7.39. The maximum absolute atomic E-state index is 6.32. The lowest BCUT2D eigenvalue weighted by atomic mass is 9.96. The highest BCUT2D eigenvalue weighted by molar-refractivity contribution is 7.08. The SMILES string of the molecule is Cc1cscc1C(N)c1ccc(CC(C)C)cc1. The lowest BCUT2D eigenvalue weighted by Gasteiger charge is -2.13. The van der Waals surface area contributed by atoms with Gasteiger partial charge in [0.2, 0.25) is 0 Å². The van der Waals surface area contributed by atoms with Gasteiger partial charge in [0.15, 0.2) is 0 Å². The van der Waals surface area contributed by atoms with Crippen LogP contribution in [0.2, 0.25) is 0 Å². The minimum absolute atomic E-state index is 0.00403. The molecule has 0 saturated heterocycles. The molecule has 0 aliphatic rings. The molecule has 2 heteroatoms. The highest BCUT2D eigenvalue weighted by Gasteiger charge is 2.12. The van der Waals surface area contributed by atoms with Gasteiger partial charge in [-0.1, -0.05) is 38.1 Å². The Kier molecular flexibility index (Phi) is 4.20. The van der Waals surface area contributed by atoms with Gasteiger partial charge in [-0.2, -0.15) is 11.3 Å². The van der Waals surface area contributed by atoms with Gasteiger partial charge >= 0.3 is 0 Å². The first kappa shape index (κ1) is 13.3. The van der Waals surface area contributed by atoms with Crippen molar-refractivity contribution in [3.05, 3.63) is 57.3 Å². The molecule has 96 valence electrons. The van der Waals surface area contributed by atoms with Crippen LogP contribution in [0.1, 0.15) is 42.1 Å². The highest BCUT2D eigenvalue weighted by Crippen LogP contribution is 2.26. The van der Waals surface area contributed by atoms with E-state index in [0.29, 0.717) is 5.92 Å². The van der Waals surface area contributed by atoms with E-state index in [9.17, 15) is 0 Å². The number of rotatable bonds is 4. The summed E-state index contributed by atoms with van der Waals surface area (Å²) in [6, 6.07) is 8.75. The van der Waals surface area contributed by atoms with Crippen LogP contribution < -0.4 is 5.73 Å². The van der Waals surface area contributed by atoms with Crippen molar-refractivity contribution < 1.29 is 0 Å². The van der Waals surface area contributed by atoms with Crippen molar-refractivity contribution in [2.75, 3.05) is 0 Å². The van der Waals surface area contributed by atoms with Crippen molar-refractivity contribution in [3.63, 3.8) is 0 Å². The zero-order valence-corrected chi connectivity index (χ0v) is 12.1. The Morgan fingerprint density at radius 3 is 2.28 bits per heavy atom. The molecule has 0 fully saturated rings. The number of benzene rings is 1. The van der Waals surface area contributed by atoms with Crippen molar-refractivity contribution in [1.82, 2.24) is 0 Å². The van der Waals surface area contributed by atoms with Gasteiger partial charge in [-0.3, -0.25) is 0 Å². The Hall–Kier alpha value is -1.12. The molecule has 1 aromatic heterocycles. The van der Waals surface area contributed by atoms with E-state index in [4.69, 9.17) is 5.73 Å². The molecule has 1 atom stereocenters. The fourth-order valence-corrected chi connectivity index (χ4v) is 3.09. The molecule has 0 bridgehead atoms. The van der Waals surface area contributed by atoms with Crippen LogP contribution in [0, 0.1) is 12.8 Å². The quantitative estimate of drug-likeness (QED) is 0.870. The Balaban J connectivity index is 2.17. The standard InChI is InChI=1S/C16H21NS/c1-11(2)8-13-4-6-14(7-5-13)16(17)15-10-18-9-12(15)3/h4-7,9-11,16H,8,17H2,1-3H3. The van der Waals surface area contributed by atoms with Crippen molar-refractivity contribution in [2.24, 2.45) is 11.7 Å². The van der Waals surface area contributed by atoms with Crippen molar-refractivity contribution >= 4 is 11.3 Å². The second kappa shape index (κ2) is 5.68. The van der Waals surface area contributed by atoms with Crippen LogP contribution in [0.4, 0.5) is 0 Å². The molecule has 1 heterocycles. The second-order valence-electron chi connectivity index (χ2n) is 5.33. The van der Waals surface area contributed by atoms with E-state index in [1.165, 1.54) is 22.3 Å². The average Bonchev–Trinajstić information content (AvgIpc) is 2.75. The topological polar surface area (TPSA) is 26.0 Å². The van der Waals surface area contributed by atoms with Crippen LogP contribution in [-0.2, 0) is 6.42 Å². The van der Waals surface area contributed by atoms with E-state index >= 15 is 0 Å². The zero-order chi connectivity index (χ0) is 13.1. The van der Waals surface area contributed by atoms with Gasteiger partial charge in [0, 0.05) is 0 Å². The summed E-state index contributed by atoms with van der Waals surface area (Å²) in [5, 5.41) is 4.31. The van der Waals surface area contributed by atoms with E-state index in [2.05, 4.69) is 55.8 Å². The van der Waals surface area contributed by atoms with E-state index in [1.807, 2.05) is 0 Å². The summed E-state index contributed by atoms with van der Waals surface area (Å²) in [5.41, 5.74) is 11.4. The third-order valence-corrected chi connectivity index (χ3v) is 4.09. The van der Waals surface area contributed by atoms with Gasteiger partial charge in [0.05, 0.1) is 6.04 Å². The number of nitrogens with two attached hydrogens (primary N) is 1. The van der Waals surface area contributed by atoms with E-state index in [1.54, 1.807) is 11.3 Å². The normalized spacial score (nSPS) is 12.9. The van der Waals surface area contributed by atoms with Crippen LogP contribution in [0.25, 0.3) is 0 Å². The highest BCUT2D eigenvalue weighted by atomic mass is 32.1. The van der Waals surface area contributed by atoms with Gasteiger partial charge in [0.25, 0.3) is 0 Å². The molecule has 18 heavy (non-hydrogen) atoms. The molecule has 2 rings (SSSR count). The molecular formula is C16H21NS. The van der Waals surface area contributed by atoms with Gasteiger partial charge in [-0.05, 0) is 52.3 Å². The summed E-state index contributed by atoms with van der Waals surface area (Å²) in [5.74, 6) is 0.698. The molecule has 1 aromatic carbocycles. The molecule has 0 aliphatic carbocycles. The van der Waals surface area contributed by atoms with Gasteiger partial charge in [-0.15, -0.1) is 0 Å². The minimum Gasteiger partial charge on any atom is -0.320 e. The first-order valence-electron chi connectivity index (χ1n) is 6.45. The fourth-order valence-electron chi connectivity index (χ4n) is 2.20. The van der Waals surface area contributed by atoms with Gasteiger partial charge < -0.3 is 5.73 Å². The lowest BCUT2D eigenvalue weighted by molar-refractivity contribution is 0.647. The molecule has 2 N–H and O–H groups in total. The Bertz CT molecular complexity index is 496. The summed E-state index contributed by atoms with van der Waals surface area (Å²) < 4.78 is 0. The summed E-state index contributed by atoms with van der Waals surface area (Å²) >= 11 is 1.72. The summed E-state index contributed by atoms with van der Waals surface area (Å²) in [6.07, 6.45) is 1.13. The van der Waals surface area contributed by atoms with Crippen LogP contribution in [-0.4, -0.2) is 0 Å². The van der Waals surface area contributed by atoms with E-state index in [-0.39, 0.29) is 6.04 Å². The molecule has 0 spiro atoms. The van der Waals surface area contributed by atoms with Gasteiger partial charge in [0.1, 0.15) is 0 Å². The first-order chi connectivity index (χ1) is 8.58. The molecule has 1 unspecified atom stereocenters. The summed E-state index contributed by atoms with van der Waals surface area (Å²) in [6.45, 7) is 6.61. The predicted octanol–water partition coefficient (Wildman–Crippen LogP) is 4.30. The second-order valence-corrected chi connectivity index (χ2v) is 6.07. The van der Waals surface area contributed by atoms with Crippen molar-refractivity contribution in [2.45, 2.75) is 33.2 Å². The summed E-state index contributed by atoms with van der Waals surface area (Å²) in [7, 11) is 0. The Morgan fingerprint density at radius 1 is 1.11 bits per heavy atom. The van der Waals surface area contributed by atoms with Crippen LogP contribution in [0.15, 0.2) is 35.0 Å². The maximum atomic E-state index is 6.32. The van der Waals surface area contributed by atoms with Crippen LogP contribution in [0.3, 0.4) is 0 Å². The average molecular weight is 259 g/mol. The largest absolute Gasteiger partial charge is 0.320 e. The Labute approximate surface area is 114 Å². The molecule has 0 radical (unpaired) electrons. The third-order valence-electron chi connectivity index (χ3n) is 3.21. The lowest BCUT2D eigenvalue weighted by Crippen LogP contribution is -2.12. The van der Waals surface area contributed by atoms with Crippen molar-refractivity contribution in [3.8, 4) is 0 Å². The predicted molar refractivity (Wildman–Crippen MR) is 80.1 cm³/mol. The Morgan fingerprint density at radius 2 is 1.78 bits per heavy atom. The molecule has 2 aromatic rings. The van der Waals surface area contributed by atoms with E-state index in [0.717, 1.165) is 6.42 Å². The zero-order valence-electron chi connectivity index (χ0n) is 11.3. The van der Waals surface area contributed by atoms with Crippen LogP contribution >= 0.6 is 11.3 Å². The number of hydrogen-bond donors (Lipinski definition) is 1. The number of hydrogen-bond acceptors (Lipinski definition) is 2. The number of thiophene rings is 1. The molecule has 1 nitrogen and oxygen atoms in total. The third kappa shape index (κ3) is 3.01. The molecule has 0 saturated carbocycles. The molecular weight excluding hydrogens is 238 g/mol. The fraction of sp³-hybridized carbons (Fsp3) is 0.375.